The Kier molecular flexibility index (Phi) is 6.84. The topological polar surface area (TPSA) is 77.7 Å². The number of amides is 2. The number of ether oxygens (including phenoxy) is 1. The zero-order valence-electron chi connectivity index (χ0n) is 16.5. The third-order valence-corrected chi connectivity index (χ3v) is 4.83. The molecule has 1 aliphatic heterocycles. The van der Waals surface area contributed by atoms with Crippen LogP contribution in [0.2, 0.25) is 0 Å². The molecule has 2 aromatic rings. The number of benzene rings is 1. The third kappa shape index (κ3) is 5.21. The molecule has 150 valence electrons. The maximum atomic E-state index is 13.1. The minimum absolute atomic E-state index is 0.0727. The molecule has 3 rings (SSSR count). The maximum absolute atomic E-state index is 13.1. The minimum atomic E-state index is -0.336. The molecule has 7 nitrogen and oxygen atoms in total. The SMILES string of the molecule is CN(C)C(=O)c1ccc(CNC(Cc2ccccc2)C(=O)N2CCOCC2)[nH]1. The fourth-order valence-corrected chi connectivity index (χ4v) is 3.24. The van der Waals surface area contributed by atoms with Gasteiger partial charge in [-0.2, -0.15) is 0 Å². The lowest BCUT2D eigenvalue weighted by molar-refractivity contribution is -0.137. The van der Waals surface area contributed by atoms with Crippen LogP contribution in [-0.4, -0.2) is 73.0 Å². The van der Waals surface area contributed by atoms with Crippen LogP contribution >= 0.6 is 0 Å². The lowest BCUT2D eigenvalue weighted by Gasteiger charge is -2.31. The number of nitrogens with one attached hydrogen (secondary N) is 2. The molecule has 1 fully saturated rings. The molecule has 2 amide bonds. The fraction of sp³-hybridized carbons (Fsp3) is 0.429. The normalized spacial score (nSPS) is 15.3. The molecule has 1 saturated heterocycles. The van der Waals surface area contributed by atoms with Crippen LogP contribution < -0.4 is 5.32 Å². The highest BCUT2D eigenvalue weighted by Crippen LogP contribution is 2.10. The summed E-state index contributed by atoms with van der Waals surface area (Å²) in [5.74, 6) is 0.0137. The summed E-state index contributed by atoms with van der Waals surface area (Å²) >= 11 is 0. The van der Waals surface area contributed by atoms with Gasteiger partial charge in [-0.25, -0.2) is 0 Å². The van der Waals surface area contributed by atoms with Crippen molar-refractivity contribution in [3.05, 3.63) is 59.4 Å². The van der Waals surface area contributed by atoms with Gasteiger partial charge < -0.3 is 19.5 Å². The van der Waals surface area contributed by atoms with Crippen LogP contribution in [0, 0.1) is 0 Å². The van der Waals surface area contributed by atoms with Crippen molar-refractivity contribution in [3.8, 4) is 0 Å². The van der Waals surface area contributed by atoms with Gasteiger partial charge in [-0.1, -0.05) is 30.3 Å². The highest BCUT2D eigenvalue weighted by molar-refractivity contribution is 5.92. The molecular weight excluding hydrogens is 356 g/mol. The summed E-state index contributed by atoms with van der Waals surface area (Å²) < 4.78 is 5.37. The number of hydrogen-bond acceptors (Lipinski definition) is 4. The standard InChI is InChI=1S/C21H28N4O3/c1-24(2)20(26)18-9-8-17(23-18)15-22-19(14-16-6-4-3-5-7-16)21(27)25-10-12-28-13-11-25/h3-9,19,22-23H,10-15H2,1-2H3. The van der Waals surface area contributed by atoms with Gasteiger partial charge in [0.25, 0.3) is 5.91 Å². The second-order valence-corrected chi connectivity index (χ2v) is 7.16. The smallest absolute Gasteiger partial charge is 0.269 e. The first-order chi connectivity index (χ1) is 13.5. The average Bonchev–Trinajstić information content (AvgIpc) is 3.20. The molecule has 0 saturated carbocycles. The lowest BCUT2D eigenvalue weighted by atomic mass is 10.0. The van der Waals surface area contributed by atoms with E-state index in [0.717, 1.165) is 11.3 Å². The van der Waals surface area contributed by atoms with Crippen LogP contribution in [-0.2, 0) is 22.5 Å². The van der Waals surface area contributed by atoms with Gasteiger partial charge in [-0.15, -0.1) is 0 Å². The van der Waals surface area contributed by atoms with Gasteiger partial charge in [-0.05, 0) is 24.1 Å². The van der Waals surface area contributed by atoms with Crippen molar-refractivity contribution in [3.63, 3.8) is 0 Å². The van der Waals surface area contributed by atoms with Crippen LogP contribution in [0.25, 0.3) is 0 Å². The monoisotopic (exact) mass is 384 g/mol. The highest BCUT2D eigenvalue weighted by atomic mass is 16.5. The summed E-state index contributed by atoms with van der Waals surface area (Å²) in [4.78, 5) is 31.6. The molecule has 1 unspecified atom stereocenters. The Labute approximate surface area is 165 Å². The number of nitrogens with zero attached hydrogens (tertiary/aromatic N) is 2. The van der Waals surface area contributed by atoms with Crippen LogP contribution in [0.3, 0.4) is 0 Å². The summed E-state index contributed by atoms with van der Waals surface area (Å²) in [7, 11) is 3.44. The van der Waals surface area contributed by atoms with Crippen LogP contribution in [0.15, 0.2) is 42.5 Å². The molecule has 0 radical (unpaired) electrons. The number of aromatic amines is 1. The Morgan fingerprint density at radius 3 is 2.54 bits per heavy atom. The third-order valence-electron chi connectivity index (χ3n) is 4.83. The fourth-order valence-electron chi connectivity index (χ4n) is 3.24. The van der Waals surface area contributed by atoms with Crippen molar-refractivity contribution in [2.24, 2.45) is 0 Å². The van der Waals surface area contributed by atoms with Crippen molar-refractivity contribution >= 4 is 11.8 Å². The Morgan fingerprint density at radius 2 is 1.86 bits per heavy atom. The van der Waals surface area contributed by atoms with E-state index >= 15 is 0 Å². The van der Waals surface area contributed by atoms with Gasteiger partial charge in [0.1, 0.15) is 5.69 Å². The summed E-state index contributed by atoms with van der Waals surface area (Å²) in [6.07, 6.45) is 0.612. The first-order valence-electron chi connectivity index (χ1n) is 9.58. The Morgan fingerprint density at radius 1 is 1.14 bits per heavy atom. The van der Waals surface area contributed by atoms with Gasteiger partial charge in [0, 0.05) is 39.4 Å². The molecule has 28 heavy (non-hydrogen) atoms. The molecule has 0 aliphatic carbocycles. The van der Waals surface area contributed by atoms with E-state index in [-0.39, 0.29) is 17.9 Å². The molecule has 0 bridgehead atoms. The molecule has 1 atom stereocenters. The highest BCUT2D eigenvalue weighted by Gasteiger charge is 2.26. The zero-order chi connectivity index (χ0) is 19.9. The number of H-pyrrole nitrogens is 1. The average molecular weight is 384 g/mol. The van der Waals surface area contributed by atoms with Crippen molar-refractivity contribution in [1.29, 1.82) is 0 Å². The molecule has 0 spiro atoms. The number of morpholine rings is 1. The van der Waals surface area contributed by atoms with E-state index < -0.39 is 0 Å². The number of carbonyl (C=O) groups excluding carboxylic acids is 2. The summed E-state index contributed by atoms with van der Waals surface area (Å²) in [6, 6.07) is 13.3. The zero-order valence-corrected chi connectivity index (χ0v) is 16.5. The van der Waals surface area contributed by atoms with Crippen LogP contribution in [0.4, 0.5) is 0 Å². The van der Waals surface area contributed by atoms with E-state index in [1.807, 2.05) is 41.3 Å². The first kappa shape index (κ1) is 20.1. The summed E-state index contributed by atoms with van der Waals surface area (Å²) in [6.45, 7) is 2.88. The van der Waals surface area contributed by atoms with E-state index in [9.17, 15) is 9.59 Å². The Bertz CT molecular complexity index is 782. The second-order valence-electron chi connectivity index (χ2n) is 7.16. The molecule has 1 aliphatic rings. The molecular formula is C21H28N4O3. The number of aromatic nitrogens is 1. The number of rotatable bonds is 7. The largest absolute Gasteiger partial charge is 0.378 e. The van der Waals surface area contributed by atoms with Gasteiger partial charge in [-0.3, -0.25) is 14.9 Å². The van der Waals surface area contributed by atoms with Crippen molar-refractivity contribution in [2.75, 3.05) is 40.4 Å². The summed E-state index contributed by atoms with van der Waals surface area (Å²) in [5, 5.41) is 3.37. The van der Waals surface area contributed by atoms with E-state index in [1.54, 1.807) is 20.2 Å². The predicted octanol–water partition coefficient (Wildman–Crippen LogP) is 1.28. The Balaban J connectivity index is 1.68. The Hall–Kier alpha value is -2.64. The molecule has 7 heteroatoms. The number of hydrogen-bond donors (Lipinski definition) is 2. The minimum Gasteiger partial charge on any atom is -0.378 e. The van der Waals surface area contributed by atoms with Crippen LogP contribution in [0.1, 0.15) is 21.7 Å². The van der Waals surface area contributed by atoms with E-state index in [2.05, 4.69) is 10.3 Å². The maximum Gasteiger partial charge on any atom is 0.269 e. The molecule has 1 aromatic carbocycles. The van der Waals surface area contributed by atoms with Gasteiger partial charge in [0.05, 0.1) is 19.3 Å². The lowest BCUT2D eigenvalue weighted by Crippen LogP contribution is -2.51. The van der Waals surface area contributed by atoms with Gasteiger partial charge in [0.2, 0.25) is 5.91 Å². The molecule has 2 N–H and O–H groups in total. The van der Waals surface area contributed by atoms with Gasteiger partial charge in [0.15, 0.2) is 0 Å². The van der Waals surface area contributed by atoms with E-state index in [0.29, 0.717) is 45.0 Å². The van der Waals surface area contributed by atoms with Crippen molar-refractivity contribution < 1.29 is 14.3 Å². The summed E-state index contributed by atoms with van der Waals surface area (Å²) in [5.41, 5.74) is 2.52. The van der Waals surface area contributed by atoms with E-state index in [1.165, 1.54) is 4.90 Å². The quantitative estimate of drug-likeness (QED) is 0.754. The molecule has 1 aromatic heterocycles. The van der Waals surface area contributed by atoms with Crippen molar-refractivity contribution in [1.82, 2.24) is 20.1 Å². The molecule has 2 heterocycles. The predicted molar refractivity (Wildman–Crippen MR) is 107 cm³/mol. The first-order valence-corrected chi connectivity index (χ1v) is 9.58. The van der Waals surface area contributed by atoms with Crippen LogP contribution in [0.5, 0.6) is 0 Å². The number of carbonyl (C=O) groups is 2. The van der Waals surface area contributed by atoms with Gasteiger partial charge >= 0.3 is 0 Å². The van der Waals surface area contributed by atoms with Crippen molar-refractivity contribution in [2.45, 2.75) is 19.0 Å². The second kappa shape index (κ2) is 9.52. The van der Waals surface area contributed by atoms with E-state index in [4.69, 9.17) is 4.74 Å².